The van der Waals surface area contributed by atoms with Crippen LogP contribution in [0.5, 0.6) is 0 Å². The third-order valence-corrected chi connectivity index (χ3v) is 2.42. The maximum atomic E-state index is 5.30. The molecule has 0 fully saturated rings. The van der Waals surface area contributed by atoms with Crippen molar-refractivity contribution in [3.8, 4) is 0 Å². The van der Waals surface area contributed by atoms with Gasteiger partial charge in [-0.05, 0) is 25.0 Å². The number of hydrogen-bond acceptors (Lipinski definition) is 5. The Balaban J connectivity index is 2.91. The van der Waals surface area contributed by atoms with Gasteiger partial charge in [-0.2, -0.15) is 0 Å². The molecule has 5 heteroatoms. The van der Waals surface area contributed by atoms with E-state index in [4.69, 9.17) is 14.5 Å². The van der Waals surface area contributed by atoms with E-state index < -0.39 is 0 Å². The van der Waals surface area contributed by atoms with Crippen LogP contribution in [0.1, 0.15) is 25.0 Å². The molecule has 0 spiro atoms. The Kier molecular flexibility index (Phi) is 7.39. The van der Waals surface area contributed by atoms with Crippen molar-refractivity contribution < 1.29 is 19.3 Å². The van der Waals surface area contributed by atoms with E-state index >= 15 is 0 Å². The molecule has 0 bridgehead atoms. The topological polar surface area (TPSA) is 49.3 Å². The van der Waals surface area contributed by atoms with E-state index in [2.05, 4.69) is 10.0 Å². The largest absolute Gasteiger partial charge is 0.504 e. The number of benzene rings is 1. The van der Waals surface area contributed by atoms with E-state index in [1.165, 1.54) is 7.11 Å². The van der Waals surface area contributed by atoms with Crippen molar-refractivity contribution in [3.05, 3.63) is 41.7 Å². The number of rotatable bonds is 8. The first-order valence-electron chi connectivity index (χ1n) is 6.28. The van der Waals surface area contributed by atoms with Crippen LogP contribution in [0.25, 0.3) is 5.57 Å². The molecule has 0 aliphatic carbocycles. The highest BCUT2D eigenvalue weighted by Crippen LogP contribution is 2.21. The molecule has 0 unspecified atom stereocenters. The van der Waals surface area contributed by atoms with Crippen molar-refractivity contribution in [1.82, 2.24) is 0 Å². The van der Waals surface area contributed by atoms with Crippen LogP contribution in [0.15, 0.2) is 35.7 Å². The highest BCUT2D eigenvalue weighted by Gasteiger charge is 2.09. The molecule has 0 N–H and O–H groups in total. The molecule has 0 aliphatic rings. The maximum Gasteiger partial charge on any atom is 0.142 e. The Labute approximate surface area is 119 Å². The van der Waals surface area contributed by atoms with E-state index in [0.29, 0.717) is 6.61 Å². The summed E-state index contributed by atoms with van der Waals surface area (Å²) >= 11 is 0. The minimum absolute atomic E-state index is 0.289. The van der Waals surface area contributed by atoms with E-state index in [1.807, 2.05) is 38.1 Å². The first-order valence-corrected chi connectivity index (χ1v) is 6.28. The summed E-state index contributed by atoms with van der Waals surface area (Å²) in [4.78, 5) is 14.9. The molecule has 1 rings (SSSR count). The molecule has 110 valence electrons. The van der Waals surface area contributed by atoms with Crippen LogP contribution in [-0.4, -0.2) is 26.5 Å². The summed E-state index contributed by atoms with van der Waals surface area (Å²) in [5.74, 6) is 0. The van der Waals surface area contributed by atoms with Crippen molar-refractivity contribution in [3.63, 3.8) is 0 Å². The van der Waals surface area contributed by atoms with Crippen LogP contribution < -0.4 is 0 Å². The molecule has 1 aromatic carbocycles. The number of oxime groups is 1. The van der Waals surface area contributed by atoms with Crippen molar-refractivity contribution >= 4 is 11.3 Å². The van der Waals surface area contributed by atoms with Gasteiger partial charge in [-0.25, -0.2) is 9.78 Å². The molecule has 0 radical (unpaired) electrons. The van der Waals surface area contributed by atoms with Gasteiger partial charge in [0.2, 0.25) is 0 Å². The van der Waals surface area contributed by atoms with Gasteiger partial charge in [0.05, 0.1) is 26.2 Å². The molecule has 1 aromatic rings. The summed E-state index contributed by atoms with van der Waals surface area (Å²) < 4.78 is 5.09. The zero-order valence-corrected chi connectivity index (χ0v) is 12.4. The van der Waals surface area contributed by atoms with Crippen LogP contribution in [0.3, 0.4) is 0 Å². The monoisotopic (exact) mass is 279 g/mol. The first-order chi connectivity index (χ1) is 9.69. The summed E-state index contributed by atoms with van der Waals surface area (Å²) in [7, 11) is 3.06. The fraction of sp³-hybridized carbons (Fsp3) is 0.400. The number of ether oxygens (including phenoxy) is 1. The minimum atomic E-state index is 0.289. The Hall–Kier alpha value is -1.85. The fourth-order valence-corrected chi connectivity index (χ4v) is 1.63. The van der Waals surface area contributed by atoms with E-state index in [-0.39, 0.29) is 6.61 Å². The lowest BCUT2D eigenvalue weighted by molar-refractivity contribution is -0.261. The maximum absolute atomic E-state index is 5.30. The van der Waals surface area contributed by atoms with E-state index in [1.54, 1.807) is 13.4 Å². The zero-order chi connectivity index (χ0) is 14.8. The Morgan fingerprint density at radius 1 is 1.20 bits per heavy atom. The second-order valence-corrected chi connectivity index (χ2v) is 4.28. The second kappa shape index (κ2) is 9.12. The van der Waals surface area contributed by atoms with Gasteiger partial charge in [-0.1, -0.05) is 29.4 Å². The Morgan fingerprint density at radius 2 is 1.95 bits per heavy atom. The SMILES string of the molecule is CO/C=C(\COOC)c1ccccc1CON=C(C)C. The van der Waals surface area contributed by atoms with Gasteiger partial charge < -0.3 is 9.57 Å². The highest BCUT2D eigenvalue weighted by atomic mass is 17.2. The molecular weight excluding hydrogens is 258 g/mol. The summed E-state index contributed by atoms with van der Waals surface area (Å²) in [5.41, 5.74) is 3.72. The predicted molar refractivity (Wildman–Crippen MR) is 78.0 cm³/mol. The van der Waals surface area contributed by atoms with Crippen LogP contribution in [0.4, 0.5) is 0 Å². The molecule has 0 aromatic heterocycles. The van der Waals surface area contributed by atoms with E-state index in [0.717, 1.165) is 22.4 Å². The number of hydrogen-bond donors (Lipinski definition) is 0. The van der Waals surface area contributed by atoms with Crippen molar-refractivity contribution in [2.75, 3.05) is 20.8 Å². The summed E-state index contributed by atoms with van der Waals surface area (Å²) in [5, 5.41) is 3.94. The number of methoxy groups -OCH3 is 1. The summed E-state index contributed by atoms with van der Waals surface area (Å²) in [6.45, 7) is 4.44. The van der Waals surface area contributed by atoms with Gasteiger partial charge in [0.15, 0.2) is 0 Å². The van der Waals surface area contributed by atoms with E-state index in [9.17, 15) is 0 Å². The van der Waals surface area contributed by atoms with Crippen molar-refractivity contribution in [1.29, 1.82) is 0 Å². The molecular formula is C15H21NO4. The highest BCUT2D eigenvalue weighted by molar-refractivity contribution is 5.78. The van der Waals surface area contributed by atoms with Gasteiger partial charge in [0.25, 0.3) is 0 Å². The quantitative estimate of drug-likeness (QED) is 0.317. The Morgan fingerprint density at radius 3 is 2.60 bits per heavy atom. The molecule has 0 saturated carbocycles. The lowest BCUT2D eigenvalue weighted by Crippen LogP contribution is -2.02. The van der Waals surface area contributed by atoms with Crippen LogP contribution >= 0.6 is 0 Å². The molecule has 5 nitrogen and oxygen atoms in total. The third-order valence-electron chi connectivity index (χ3n) is 2.42. The summed E-state index contributed by atoms with van der Waals surface area (Å²) in [6.07, 6.45) is 1.63. The van der Waals surface area contributed by atoms with Crippen LogP contribution in [0.2, 0.25) is 0 Å². The molecule has 0 heterocycles. The van der Waals surface area contributed by atoms with Gasteiger partial charge in [0.1, 0.15) is 13.2 Å². The second-order valence-electron chi connectivity index (χ2n) is 4.28. The van der Waals surface area contributed by atoms with Gasteiger partial charge in [-0.15, -0.1) is 0 Å². The van der Waals surface area contributed by atoms with Crippen LogP contribution in [-0.2, 0) is 26.0 Å². The average Bonchev–Trinajstić information content (AvgIpc) is 2.44. The summed E-state index contributed by atoms with van der Waals surface area (Å²) in [6, 6.07) is 7.85. The van der Waals surface area contributed by atoms with Crippen molar-refractivity contribution in [2.24, 2.45) is 5.16 Å². The Bertz CT molecular complexity index is 465. The lowest BCUT2D eigenvalue weighted by atomic mass is 10.0. The lowest BCUT2D eigenvalue weighted by Gasteiger charge is -2.12. The van der Waals surface area contributed by atoms with Crippen molar-refractivity contribution in [2.45, 2.75) is 20.5 Å². The third kappa shape index (κ3) is 5.42. The van der Waals surface area contributed by atoms with Gasteiger partial charge >= 0.3 is 0 Å². The normalized spacial score (nSPS) is 11.1. The molecule has 0 amide bonds. The average molecular weight is 279 g/mol. The molecule has 0 atom stereocenters. The standard InChI is InChI=1S/C15H21NO4/c1-12(2)16-19-10-13-7-5-6-8-15(13)14(9-17-3)11-20-18-4/h5-9H,10-11H2,1-4H3/b14-9+. The molecule has 0 aliphatic heterocycles. The number of nitrogens with zero attached hydrogens (tertiary/aromatic N) is 1. The smallest absolute Gasteiger partial charge is 0.142 e. The molecule has 20 heavy (non-hydrogen) atoms. The van der Waals surface area contributed by atoms with Gasteiger partial charge in [-0.3, -0.25) is 0 Å². The fourth-order valence-electron chi connectivity index (χ4n) is 1.63. The predicted octanol–water partition coefficient (Wildman–Crippen LogP) is 3.16. The molecule has 0 saturated heterocycles. The van der Waals surface area contributed by atoms with Gasteiger partial charge in [0, 0.05) is 5.57 Å². The zero-order valence-electron chi connectivity index (χ0n) is 12.4. The first kappa shape index (κ1) is 16.2. The van der Waals surface area contributed by atoms with Crippen LogP contribution in [0, 0.1) is 0 Å². The minimum Gasteiger partial charge on any atom is -0.504 e.